The Morgan fingerprint density at radius 1 is 1.53 bits per heavy atom. The molecule has 1 fully saturated rings. The normalized spacial score (nSPS) is 19.0. The van der Waals surface area contributed by atoms with Gasteiger partial charge in [0.25, 0.3) is 5.91 Å². The summed E-state index contributed by atoms with van der Waals surface area (Å²) < 4.78 is 0. The fourth-order valence-electron chi connectivity index (χ4n) is 1.60. The van der Waals surface area contributed by atoms with Gasteiger partial charge in [0.15, 0.2) is 11.5 Å². The third-order valence-electron chi connectivity index (χ3n) is 2.62. The first kappa shape index (κ1) is 12.1. The van der Waals surface area contributed by atoms with Gasteiger partial charge in [0, 0.05) is 6.54 Å². The number of thioether (sulfide) groups is 1. The van der Waals surface area contributed by atoms with Crippen LogP contribution in [0.15, 0.2) is 12.1 Å². The maximum Gasteiger partial charge on any atom is 0.271 e. The van der Waals surface area contributed by atoms with Crippen molar-refractivity contribution in [2.75, 3.05) is 23.5 Å². The number of nitrogens with zero attached hydrogens (tertiary/aromatic N) is 2. The van der Waals surface area contributed by atoms with E-state index in [2.05, 4.69) is 20.9 Å². The summed E-state index contributed by atoms with van der Waals surface area (Å²) in [6, 6.07) is 3.22. The van der Waals surface area contributed by atoms with Gasteiger partial charge in [-0.25, -0.2) is 5.84 Å². The van der Waals surface area contributed by atoms with Crippen molar-refractivity contribution in [1.82, 2.24) is 15.5 Å². The van der Waals surface area contributed by atoms with Crippen molar-refractivity contribution in [3.63, 3.8) is 0 Å². The van der Waals surface area contributed by atoms with Gasteiger partial charge in [-0.15, -0.1) is 10.2 Å². The molecule has 1 aliphatic heterocycles. The number of anilines is 1. The number of hydrazine groups is 1. The summed E-state index contributed by atoms with van der Waals surface area (Å²) in [7, 11) is 0. The number of amides is 1. The third kappa shape index (κ3) is 3.31. The minimum Gasteiger partial charge on any atom is -0.350 e. The van der Waals surface area contributed by atoms with Gasteiger partial charge in [-0.2, -0.15) is 11.8 Å². The summed E-state index contributed by atoms with van der Waals surface area (Å²) in [6.45, 7) is 0.713. The number of rotatable bonds is 4. The largest absolute Gasteiger partial charge is 0.350 e. The van der Waals surface area contributed by atoms with Crippen LogP contribution in [0.1, 0.15) is 16.9 Å². The van der Waals surface area contributed by atoms with E-state index < -0.39 is 0 Å². The van der Waals surface area contributed by atoms with E-state index in [-0.39, 0.29) is 5.91 Å². The molecule has 7 heteroatoms. The van der Waals surface area contributed by atoms with Gasteiger partial charge in [-0.3, -0.25) is 4.79 Å². The SMILES string of the molecule is NNc1ccc(C(=O)NCC2CCSC2)nn1. The minimum atomic E-state index is -0.182. The molecule has 0 spiro atoms. The lowest BCUT2D eigenvalue weighted by molar-refractivity contribution is 0.0942. The van der Waals surface area contributed by atoms with E-state index >= 15 is 0 Å². The van der Waals surface area contributed by atoms with E-state index in [1.165, 1.54) is 12.2 Å². The molecule has 1 aromatic heterocycles. The third-order valence-corrected chi connectivity index (χ3v) is 3.85. The Bertz CT molecular complexity index is 377. The lowest BCUT2D eigenvalue weighted by Crippen LogP contribution is -2.30. The minimum absolute atomic E-state index is 0.182. The second-order valence-corrected chi connectivity index (χ2v) is 5.04. The number of nitrogens with one attached hydrogen (secondary N) is 2. The van der Waals surface area contributed by atoms with Crippen LogP contribution in [0.3, 0.4) is 0 Å². The van der Waals surface area contributed by atoms with Gasteiger partial charge in [0.1, 0.15) is 0 Å². The van der Waals surface area contributed by atoms with E-state index in [0.717, 1.165) is 5.75 Å². The Kier molecular flexibility index (Phi) is 4.16. The van der Waals surface area contributed by atoms with Crippen LogP contribution in [0.5, 0.6) is 0 Å². The van der Waals surface area contributed by atoms with Crippen molar-refractivity contribution in [3.05, 3.63) is 17.8 Å². The van der Waals surface area contributed by atoms with Crippen LogP contribution in [0.25, 0.3) is 0 Å². The fraction of sp³-hybridized carbons (Fsp3) is 0.500. The highest BCUT2D eigenvalue weighted by Gasteiger charge is 2.17. The predicted molar refractivity (Wildman–Crippen MR) is 67.6 cm³/mol. The Balaban J connectivity index is 1.85. The molecule has 1 aliphatic rings. The van der Waals surface area contributed by atoms with Crippen molar-refractivity contribution in [3.8, 4) is 0 Å². The van der Waals surface area contributed by atoms with Crippen LogP contribution in [-0.2, 0) is 0 Å². The lowest BCUT2D eigenvalue weighted by atomic mass is 10.1. The first-order valence-electron chi connectivity index (χ1n) is 5.46. The molecule has 0 bridgehead atoms. The molecule has 2 heterocycles. The number of nitrogens with two attached hydrogens (primary N) is 1. The fourth-order valence-corrected chi connectivity index (χ4v) is 2.89. The molecule has 1 amide bonds. The molecule has 1 unspecified atom stereocenters. The van der Waals surface area contributed by atoms with Crippen LogP contribution in [0.2, 0.25) is 0 Å². The second-order valence-electron chi connectivity index (χ2n) is 3.89. The van der Waals surface area contributed by atoms with Gasteiger partial charge in [0.2, 0.25) is 0 Å². The molecule has 0 aliphatic carbocycles. The average Bonchev–Trinajstić information content (AvgIpc) is 2.89. The monoisotopic (exact) mass is 253 g/mol. The maximum atomic E-state index is 11.7. The molecule has 0 aromatic carbocycles. The Morgan fingerprint density at radius 3 is 3.00 bits per heavy atom. The molecule has 0 radical (unpaired) electrons. The summed E-state index contributed by atoms with van der Waals surface area (Å²) in [6.07, 6.45) is 1.17. The quantitative estimate of drug-likeness (QED) is 0.526. The van der Waals surface area contributed by atoms with Gasteiger partial charge >= 0.3 is 0 Å². The van der Waals surface area contributed by atoms with Crippen molar-refractivity contribution in [2.45, 2.75) is 6.42 Å². The van der Waals surface area contributed by atoms with Gasteiger partial charge < -0.3 is 10.7 Å². The molecule has 92 valence electrons. The van der Waals surface area contributed by atoms with E-state index in [0.29, 0.717) is 24.0 Å². The number of carbonyl (C=O) groups excluding carboxylic acids is 1. The van der Waals surface area contributed by atoms with Gasteiger partial charge in [0.05, 0.1) is 0 Å². The second kappa shape index (κ2) is 5.83. The summed E-state index contributed by atoms with van der Waals surface area (Å²) >= 11 is 1.93. The van der Waals surface area contributed by atoms with Crippen molar-refractivity contribution in [1.29, 1.82) is 0 Å². The molecule has 1 atom stereocenters. The van der Waals surface area contributed by atoms with Crippen LogP contribution >= 0.6 is 11.8 Å². The van der Waals surface area contributed by atoms with E-state index in [1.54, 1.807) is 12.1 Å². The lowest BCUT2D eigenvalue weighted by Gasteiger charge is -2.09. The molecule has 6 nitrogen and oxygen atoms in total. The van der Waals surface area contributed by atoms with E-state index in [4.69, 9.17) is 5.84 Å². The highest BCUT2D eigenvalue weighted by molar-refractivity contribution is 7.99. The molecule has 1 aromatic rings. The van der Waals surface area contributed by atoms with Crippen LogP contribution in [0.4, 0.5) is 5.82 Å². The number of aromatic nitrogens is 2. The van der Waals surface area contributed by atoms with Gasteiger partial charge in [-0.05, 0) is 36.0 Å². The average molecular weight is 253 g/mol. The first-order chi connectivity index (χ1) is 8.29. The standard InChI is InChI=1S/C10H15N5OS/c11-13-9-2-1-8(14-15-9)10(16)12-5-7-3-4-17-6-7/h1-2,7H,3-6,11H2,(H,12,16)(H,13,15). The van der Waals surface area contributed by atoms with E-state index in [9.17, 15) is 4.79 Å². The van der Waals surface area contributed by atoms with Crippen molar-refractivity contribution >= 4 is 23.5 Å². The van der Waals surface area contributed by atoms with E-state index in [1.807, 2.05) is 11.8 Å². The Morgan fingerprint density at radius 2 is 2.41 bits per heavy atom. The van der Waals surface area contributed by atoms with Crippen molar-refractivity contribution in [2.24, 2.45) is 11.8 Å². The number of hydrogen-bond donors (Lipinski definition) is 3. The molecule has 4 N–H and O–H groups in total. The zero-order valence-electron chi connectivity index (χ0n) is 9.35. The zero-order valence-corrected chi connectivity index (χ0v) is 10.2. The molecule has 17 heavy (non-hydrogen) atoms. The van der Waals surface area contributed by atoms with Crippen LogP contribution < -0.4 is 16.6 Å². The van der Waals surface area contributed by atoms with Crippen molar-refractivity contribution < 1.29 is 4.79 Å². The predicted octanol–water partition coefficient (Wildman–Crippen LogP) is 0.245. The number of hydrogen-bond acceptors (Lipinski definition) is 6. The summed E-state index contributed by atoms with van der Waals surface area (Å²) in [5.41, 5.74) is 2.68. The molecule has 0 saturated carbocycles. The Labute approximate surface area is 104 Å². The first-order valence-corrected chi connectivity index (χ1v) is 6.61. The van der Waals surface area contributed by atoms with Gasteiger partial charge in [-0.1, -0.05) is 0 Å². The highest BCUT2D eigenvalue weighted by atomic mass is 32.2. The topological polar surface area (TPSA) is 92.9 Å². The van der Waals surface area contributed by atoms with Crippen LogP contribution in [0, 0.1) is 5.92 Å². The summed E-state index contributed by atoms with van der Waals surface area (Å²) in [5, 5.41) is 10.4. The zero-order chi connectivity index (χ0) is 12.1. The maximum absolute atomic E-state index is 11.7. The summed E-state index contributed by atoms with van der Waals surface area (Å²) in [5.74, 6) is 8.32. The van der Waals surface area contributed by atoms with Crippen LogP contribution in [-0.4, -0.2) is 34.2 Å². The molecule has 2 rings (SSSR count). The Hall–Kier alpha value is -1.34. The molecule has 1 saturated heterocycles. The molecular weight excluding hydrogens is 238 g/mol. The number of nitrogen functional groups attached to an aromatic ring is 1. The number of carbonyl (C=O) groups is 1. The molecular formula is C10H15N5OS. The summed E-state index contributed by atoms with van der Waals surface area (Å²) in [4.78, 5) is 11.7. The smallest absolute Gasteiger partial charge is 0.271 e. The highest BCUT2D eigenvalue weighted by Crippen LogP contribution is 2.22.